The second-order valence-corrected chi connectivity index (χ2v) is 3.07. The average molecular weight is 226 g/mol. The van der Waals surface area contributed by atoms with Crippen LogP contribution < -0.4 is 10.2 Å². The summed E-state index contributed by atoms with van der Waals surface area (Å²) in [6.07, 6.45) is 1.41. The Balaban J connectivity index is 2.49. The van der Waals surface area contributed by atoms with Crippen LogP contribution in [-0.2, 0) is 9.53 Å². The van der Waals surface area contributed by atoms with E-state index in [4.69, 9.17) is 13.9 Å². The molecule has 0 spiro atoms. The number of hydrogen-bond donors (Lipinski definition) is 0. The zero-order valence-corrected chi connectivity index (χ0v) is 9.32. The van der Waals surface area contributed by atoms with Gasteiger partial charge in [0, 0.05) is 6.07 Å². The van der Waals surface area contributed by atoms with Crippen LogP contribution in [0.25, 0.3) is 0 Å². The van der Waals surface area contributed by atoms with Crippen LogP contribution >= 0.6 is 0 Å². The molecule has 1 aromatic rings. The van der Waals surface area contributed by atoms with Gasteiger partial charge in [-0.1, -0.05) is 0 Å². The summed E-state index contributed by atoms with van der Waals surface area (Å²) < 4.78 is 14.9. The number of carbonyl (C=O) groups excluding carboxylic acids is 1. The quantitative estimate of drug-likeness (QED) is 0.707. The minimum Gasteiger partial charge on any atom is -0.486 e. The Morgan fingerprint density at radius 3 is 2.88 bits per heavy atom. The number of carbonyl (C=O) groups is 1. The first-order valence-corrected chi connectivity index (χ1v) is 5.02. The van der Waals surface area contributed by atoms with Gasteiger partial charge in [0.1, 0.15) is 5.76 Å². The van der Waals surface area contributed by atoms with Crippen molar-refractivity contribution < 1.29 is 18.7 Å². The lowest BCUT2D eigenvalue weighted by Gasteiger charge is -2.06. The van der Waals surface area contributed by atoms with Gasteiger partial charge in [-0.25, -0.2) is 0 Å². The van der Waals surface area contributed by atoms with Gasteiger partial charge in [-0.05, 0) is 13.8 Å². The molecule has 0 N–H and O–H groups in total. The second-order valence-electron chi connectivity index (χ2n) is 3.07. The van der Waals surface area contributed by atoms with Crippen LogP contribution in [0.4, 0.5) is 0 Å². The van der Waals surface area contributed by atoms with E-state index in [1.165, 1.54) is 12.3 Å². The van der Waals surface area contributed by atoms with Gasteiger partial charge in [-0.2, -0.15) is 0 Å². The normalized spacial score (nSPS) is 9.88. The molecule has 0 saturated heterocycles. The Hall–Kier alpha value is -1.78. The third-order valence-corrected chi connectivity index (χ3v) is 1.87. The molecule has 1 aromatic heterocycles. The predicted octanol–water partition coefficient (Wildman–Crippen LogP) is 1.28. The van der Waals surface area contributed by atoms with E-state index in [0.717, 1.165) is 0 Å². The third-order valence-electron chi connectivity index (χ3n) is 1.87. The smallest absolute Gasteiger partial charge is 0.309 e. The molecular formula is C11H14O5. The topological polar surface area (TPSA) is 65.7 Å². The first-order chi connectivity index (χ1) is 7.65. The van der Waals surface area contributed by atoms with Crippen molar-refractivity contribution >= 4 is 5.97 Å². The molecule has 16 heavy (non-hydrogen) atoms. The second kappa shape index (κ2) is 5.95. The van der Waals surface area contributed by atoms with Gasteiger partial charge in [0.25, 0.3) is 0 Å². The summed E-state index contributed by atoms with van der Waals surface area (Å²) in [5.74, 6) is 0.198. The molecule has 0 unspecified atom stereocenters. The molecule has 0 aromatic carbocycles. The standard InChI is InChI=1S/C11H14O5/c1-3-14-10(13)5-7-16-11-8(2)15-6-4-9(11)12/h4,6H,3,5,7H2,1-2H3. The number of esters is 1. The van der Waals surface area contributed by atoms with Crippen molar-refractivity contribution in [2.75, 3.05) is 13.2 Å². The Labute approximate surface area is 93.0 Å². The lowest BCUT2D eigenvalue weighted by molar-refractivity contribution is -0.143. The number of rotatable bonds is 5. The number of aryl methyl sites for hydroxylation is 1. The third kappa shape index (κ3) is 3.42. The Kier molecular flexibility index (Phi) is 4.57. The number of ether oxygens (including phenoxy) is 2. The zero-order valence-electron chi connectivity index (χ0n) is 9.32. The maximum atomic E-state index is 11.3. The fourth-order valence-corrected chi connectivity index (χ4v) is 1.14. The highest BCUT2D eigenvalue weighted by molar-refractivity contribution is 5.69. The monoisotopic (exact) mass is 226 g/mol. The van der Waals surface area contributed by atoms with E-state index in [1.54, 1.807) is 13.8 Å². The van der Waals surface area contributed by atoms with E-state index in [1.807, 2.05) is 0 Å². The molecule has 1 rings (SSSR count). The van der Waals surface area contributed by atoms with Crippen LogP contribution in [0.15, 0.2) is 21.5 Å². The highest BCUT2D eigenvalue weighted by Gasteiger charge is 2.08. The fraction of sp³-hybridized carbons (Fsp3) is 0.455. The molecule has 0 atom stereocenters. The minimum absolute atomic E-state index is 0.106. The van der Waals surface area contributed by atoms with E-state index in [-0.39, 0.29) is 30.2 Å². The average Bonchev–Trinajstić information content (AvgIpc) is 2.23. The summed E-state index contributed by atoms with van der Waals surface area (Å²) in [6.45, 7) is 3.80. The van der Waals surface area contributed by atoms with Gasteiger partial charge in [0.15, 0.2) is 0 Å². The Bertz CT molecular complexity index is 407. The van der Waals surface area contributed by atoms with Crippen molar-refractivity contribution in [2.24, 2.45) is 0 Å². The maximum absolute atomic E-state index is 11.3. The Morgan fingerprint density at radius 2 is 2.25 bits per heavy atom. The summed E-state index contributed by atoms with van der Waals surface area (Å²) in [5, 5.41) is 0. The highest BCUT2D eigenvalue weighted by atomic mass is 16.5. The molecule has 88 valence electrons. The van der Waals surface area contributed by atoms with E-state index in [0.29, 0.717) is 12.4 Å². The largest absolute Gasteiger partial charge is 0.486 e. The van der Waals surface area contributed by atoms with Gasteiger partial charge >= 0.3 is 5.97 Å². The molecule has 5 nitrogen and oxygen atoms in total. The lowest BCUT2D eigenvalue weighted by atomic mass is 10.3. The molecule has 0 fully saturated rings. The molecule has 0 aliphatic heterocycles. The molecule has 0 radical (unpaired) electrons. The van der Waals surface area contributed by atoms with Crippen LogP contribution in [-0.4, -0.2) is 19.2 Å². The van der Waals surface area contributed by atoms with Crippen LogP contribution in [0, 0.1) is 6.92 Å². The van der Waals surface area contributed by atoms with Crippen LogP contribution in [0.2, 0.25) is 0 Å². The van der Waals surface area contributed by atoms with Crippen LogP contribution in [0.3, 0.4) is 0 Å². The molecular weight excluding hydrogens is 212 g/mol. The van der Waals surface area contributed by atoms with Crippen molar-refractivity contribution in [2.45, 2.75) is 20.3 Å². The first kappa shape index (κ1) is 12.3. The molecule has 0 saturated carbocycles. The summed E-state index contributed by atoms with van der Waals surface area (Å²) in [4.78, 5) is 22.3. The van der Waals surface area contributed by atoms with Gasteiger partial charge in [0.05, 0.1) is 25.9 Å². The van der Waals surface area contributed by atoms with Gasteiger partial charge < -0.3 is 13.9 Å². The molecule has 0 bridgehead atoms. The first-order valence-electron chi connectivity index (χ1n) is 5.02. The van der Waals surface area contributed by atoms with Crippen molar-refractivity contribution in [3.63, 3.8) is 0 Å². The SMILES string of the molecule is CCOC(=O)CCOc1c(C)occc1=O. The van der Waals surface area contributed by atoms with E-state index in [2.05, 4.69) is 0 Å². The van der Waals surface area contributed by atoms with Gasteiger partial charge in [0.2, 0.25) is 11.2 Å². The van der Waals surface area contributed by atoms with E-state index in [9.17, 15) is 9.59 Å². The summed E-state index contributed by atoms with van der Waals surface area (Å²) in [7, 11) is 0. The van der Waals surface area contributed by atoms with E-state index >= 15 is 0 Å². The van der Waals surface area contributed by atoms with Gasteiger partial charge in [-0.15, -0.1) is 0 Å². The number of hydrogen-bond acceptors (Lipinski definition) is 5. The molecule has 1 heterocycles. The van der Waals surface area contributed by atoms with Crippen molar-refractivity contribution in [3.8, 4) is 5.75 Å². The lowest BCUT2D eigenvalue weighted by Crippen LogP contribution is -2.13. The van der Waals surface area contributed by atoms with Gasteiger partial charge in [-0.3, -0.25) is 9.59 Å². The molecule has 5 heteroatoms. The zero-order chi connectivity index (χ0) is 12.0. The maximum Gasteiger partial charge on any atom is 0.309 e. The summed E-state index contributed by atoms with van der Waals surface area (Å²) in [5.41, 5.74) is -0.257. The summed E-state index contributed by atoms with van der Waals surface area (Å²) in [6, 6.07) is 1.27. The van der Waals surface area contributed by atoms with Crippen LogP contribution in [0.1, 0.15) is 19.1 Å². The minimum atomic E-state index is -0.347. The van der Waals surface area contributed by atoms with Crippen LogP contribution in [0.5, 0.6) is 5.75 Å². The highest BCUT2D eigenvalue weighted by Crippen LogP contribution is 2.10. The molecule has 0 aliphatic rings. The van der Waals surface area contributed by atoms with Crippen molar-refractivity contribution in [1.82, 2.24) is 0 Å². The van der Waals surface area contributed by atoms with E-state index < -0.39 is 0 Å². The molecule has 0 aliphatic carbocycles. The van der Waals surface area contributed by atoms with Crippen molar-refractivity contribution in [3.05, 3.63) is 28.3 Å². The summed E-state index contributed by atoms with van der Waals surface area (Å²) >= 11 is 0. The predicted molar refractivity (Wildman–Crippen MR) is 56.5 cm³/mol. The van der Waals surface area contributed by atoms with Crippen molar-refractivity contribution in [1.29, 1.82) is 0 Å². The molecule has 0 amide bonds. The fourth-order valence-electron chi connectivity index (χ4n) is 1.14. The Morgan fingerprint density at radius 1 is 1.50 bits per heavy atom.